The summed E-state index contributed by atoms with van der Waals surface area (Å²) in [5, 5.41) is 3.29. The Bertz CT molecular complexity index is 783. The third-order valence-corrected chi connectivity index (χ3v) is 5.97. The number of halogens is 2. The molecule has 3 N–H and O–H groups in total. The number of piperidine rings is 1. The van der Waals surface area contributed by atoms with Crippen molar-refractivity contribution in [1.29, 1.82) is 0 Å². The van der Waals surface area contributed by atoms with Crippen molar-refractivity contribution in [3.05, 3.63) is 30.1 Å². The van der Waals surface area contributed by atoms with Crippen LogP contribution in [-0.4, -0.2) is 80.4 Å². The van der Waals surface area contributed by atoms with Gasteiger partial charge in [0.1, 0.15) is 5.82 Å². The van der Waals surface area contributed by atoms with Crippen LogP contribution in [0.4, 0.5) is 10.1 Å². The van der Waals surface area contributed by atoms with Crippen molar-refractivity contribution in [2.24, 2.45) is 16.6 Å². The van der Waals surface area contributed by atoms with Gasteiger partial charge in [-0.15, -0.1) is 24.0 Å². The predicted molar refractivity (Wildman–Crippen MR) is 135 cm³/mol. The summed E-state index contributed by atoms with van der Waals surface area (Å²) >= 11 is 0. The second-order valence-electron chi connectivity index (χ2n) is 8.19. The number of carbonyl (C=O) groups excluding carboxylic acids is 2. The van der Waals surface area contributed by atoms with E-state index >= 15 is 0 Å². The Hall–Kier alpha value is -2.11. The predicted octanol–water partition coefficient (Wildman–Crippen LogP) is 1.65. The van der Waals surface area contributed by atoms with Crippen LogP contribution in [0.2, 0.25) is 0 Å². The first kappa shape index (κ1) is 26.1. The van der Waals surface area contributed by atoms with Crippen molar-refractivity contribution in [2.75, 3.05) is 57.8 Å². The molecule has 3 rings (SSSR count). The monoisotopic (exact) mass is 560 g/mol. The van der Waals surface area contributed by atoms with Crippen LogP contribution in [0, 0.1) is 11.7 Å². The van der Waals surface area contributed by atoms with E-state index in [9.17, 15) is 14.0 Å². The van der Waals surface area contributed by atoms with Gasteiger partial charge in [-0.25, -0.2) is 4.39 Å². The molecule has 0 spiro atoms. The quantitative estimate of drug-likeness (QED) is 0.314. The minimum atomic E-state index is -0.264. The zero-order chi connectivity index (χ0) is 22.2. The van der Waals surface area contributed by atoms with Gasteiger partial charge in [-0.3, -0.25) is 14.6 Å². The SMILES string of the molecule is CN=C(NCCC(=O)N1CCN(c2ccc(F)cc2)CC1)N1CCCC(CC(N)=O)C1.I. The van der Waals surface area contributed by atoms with E-state index in [1.54, 1.807) is 19.2 Å². The number of likely N-dealkylation sites (tertiary alicyclic amines) is 1. The summed E-state index contributed by atoms with van der Waals surface area (Å²) in [4.78, 5) is 34.4. The number of nitrogens with zero attached hydrogens (tertiary/aromatic N) is 4. The van der Waals surface area contributed by atoms with E-state index in [0.29, 0.717) is 32.5 Å². The average molecular weight is 560 g/mol. The minimum Gasteiger partial charge on any atom is -0.370 e. The summed E-state index contributed by atoms with van der Waals surface area (Å²) in [7, 11) is 1.73. The maximum absolute atomic E-state index is 13.1. The Morgan fingerprint density at radius 2 is 1.81 bits per heavy atom. The second-order valence-corrected chi connectivity index (χ2v) is 8.19. The van der Waals surface area contributed by atoms with Crippen LogP contribution in [0.15, 0.2) is 29.3 Å². The number of nitrogens with two attached hydrogens (primary N) is 1. The molecule has 1 unspecified atom stereocenters. The van der Waals surface area contributed by atoms with Gasteiger partial charge in [0.15, 0.2) is 5.96 Å². The van der Waals surface area contributed by atoms with Gasteiger partial charge in [0.2, 0.25) is 11.8 Å². The summed E-state index contributed by atoms with van der Waals surface area (Å²) in [6.07, 6.45) is 2.79. The van der Waals surface area contributed by atoms with Crippen LogP contribution in [0.1, 0.15) is 25.7 Å². The van der Waals surface area contributed by atoms with E-state index in [2.05, 4.69) is 20.1 Å². The van der Waals surface area contributed by atoms with Crippen molar-refractivity contribution < 1.29 is 14.0 Å². The molecule has 0 saturated carbocycles. The molecule has 0 aliphatic carbocycles. The zero-order valence-corrected chi connectivity index (χ0v) is 21.0. The van der Waals surface area contributed by atoms with Crippen molar-refractivity contribution in [3.63, 3.8) is 0 Å². The highest BCUT2D eigenvalue weighted by atomic mass is 127. The first-order chi connectivity index (χ1) is 15.0. The van der Waals surface area contributed by atoms with E-state index in [4.69, 9.17) is 5.73 Å². The first-order valence-electron chi connectivity index (χ1n) is 11.0. The molecule has 1 atom stereocenters. The topological polar surface area (TPSA) is 94.3 Å². The first-order valence-corrected chi connectivity index (χ1v) is 11.0. The van der Waals surface area contributed by atoms with Crippen LogP contribution in [0.5, 0.6) is 0 Å². The smallest absolute Gasteiger partial charge is 0.224 e. The molecule has 0 aromatic heterocycles. The number of hydrogen-bond acceptors (Lipinski definition) is 4. The van der Waals surface area contributed by atoms with Crippen LogP contribution in [0.3, 0.4) is 0 Å². The van der Waals surface area contributed by atoms with Crippen molar-refractivity contribution >= 4 is 47.4 Å². The molecule has 1 aromatic rings. The van der Waals surface area contributed by atoms with Crippen LogP contribution in [0.25, 0.3) is 0 Å². The highest BCUT2D eigenvalue weighted by Crippen LogP contribution is 2.19. The molecule has 8 nitrogen and oxygen atoms in total. The molecular formula is C22H34FIN6O2. The van der Waals surface area contributed by atoms with Gasteiger partial charge in [-0.2, -0.15) is 0 Å². The van der Waals surface area contributed by atoms with E-state index in [-0.39, 0.29) is 47.5 Å². The van der Waals surface area contributed by atoms with Gasteiger partial charge >= 0.3 is 0 Å². The summed E-state index contributed by atoms with van der Waals surface area (Å²) in [5.41, 5.74) is 6.33. The molecule has 2 heterocycles. The number of piperazine rings is 1. The lowest BCUT2D eigenvalue weighted by atomic mass is 9.95. The van der Waals surface area contributed by atoms with Crippen LogP contribution in [-0.2, 0) is 9.59 Å². The Balaban J connectivity index is 0.00000363. The maximum atomic E-state index is 13.1. The van der Waals surface area contributed by atoms with Gasteiger partial charge in [-0.05, 0) is 43.0 Å². The Morgan fingerprint density at radius 1 is 1.12 bits per heavy atom. The second kappa shape index (κ2) is 12.8. The molecule has 2 fully saturated rings. The highest BCUT2D eigenvalue weighted by molar-refractivity contribution is 14.0. The summed E-state index contributed by atoms with van der Waals surface area (Å²) in [5.74, 6) is 0.631. The molecule has 0 bridgehead atoms. The molecule has 32 heavy (non-hydrogen) atoms. The lowest BCUT2D eigenvalue weighted by Gasteiger charge is -2.36. The van der Waals surface area contributed by atoms with E-state index < -0.39 is 0 Å². The van der Waals surface area contributed by atoms with Crippen LogP contribution >= 0.6 is 24.0 Å². The van der Waals surface area contributed by atoms with E-state index in [1.807, 2.05) is 4.90 Å². The number of aliphatic imine (C=N–C) groups is 1. The summed E-state index contributed by atoms with van der Waals surface area (Å²) < 4.78 is 13.1. The van der Waals surface area contributed by atoms with Crippen molar-refractivity contribution in [2.45, 2.75) is 25.7 Å². The fourth-order valence-electron chi connectivity index (χ4n) is 4.35. The number of amides is 2. The fourth-order valence-corrected chi connectivity index (χ4v) is 4.35. The third kappa shape index (κ3) is 7.49. The summed E-state index contributed by atoms with van der Waals surface area (Å²) in [6, 6.07) is 6.47. The van der Waals surface area contributed by atoms with Gasteiger partial charge in [0, 0.05) is 71.4 Å². The van der Waals surface area contributed by atoms with E-state index in [1.165, 1.54) is 12.1 Å². The molecule has 2 saturated heterocycles. The maximum Gasteiger partial charge on any atom is 0.224 e. The lowest BCUT2D eigenvalue weighted by molar-refractivity contribution is -0.131. The highest BCUT2D eigenvalue weighted by Gasteiger charge is 2.24. The standard InChI is InChI=1S/C22H33FN6O2.HI/c1-25-22(29-10-2-3-17(16-29)15-20(24)30)26-9-8-21(31)28-13-11-27(12-14-28)19-6-4-18(23)5-7-19;/h4-7,17H,2-3,8-16H2,1H3,(H2,24,30)(H,25,26);1H. The normalized spacial score (nSPS) is 19.4. The molecule has 10 heteroatoms. The number of benzene rings is 1. The lowest BCUT2D eigenvalue weighted by Crippen LogP contribution is -2.50. The number of carbonyl (C=O) groups is 2. The number of nitrogens with one attached hydrogen (secondary N) is 1. The van der Waals surface area contributed by atoms with E-state index in [0.717, 1.165) is 50.7 Å². The number of rotatable bonds is 6. The van der Waals surface area contributed by atoms with Crippen molar-refractivity contribution in [3.8, 4) is 0 Å². The number of guanidine groups is 1. The molecule has 1 aromatic carbocycles. The van der Waals surface area contributed by atoms with Crippen molar-refractivity contribution in [1.82, 2.24) is 15.1 Å². The minimum absolute atomic E-state index is 0. The Morgan fingerprint density at radius 3 is 2.44 bits per heavy atom. The number of hydrogen-bond donors (Lipinski definition) is 2. The average Bonchev–Trinajstić information content (AvgIpc) is 2.77. The molecule has 2 aliphatic heterocycles. The summed E-state index contributed by atoms with van der Waals surface area (Å²) in [6.45, 7) is 4.94. The van der Waals surface area contributed by atoms with Gasteiger partial charge < -0.3 is 25.8 Å². The van der Waals surface area contributed by atoms with Gasteiger partial charge in [0.25, 0.3) is 0 Å². The molecule has 0 radical (unpaired) electrons. The molecule has 2 aliphatic rings. The van der Waals surface area contributed by atoms with Crippen LogP contribution < -0.4 is 16.0 Å². The number of primary amides is 1. The largest absolute Gasteiger partial charge is 0.370 e. The number of anilines is 1. The molecular weight excluding hydrogens is 526 g/mol. The third-order valence-electron chi connectivity index (χ3n) is 5.97. The van der Waals surface area contributed by atoms with Gasteiger partial charge in [-0.1, -0.05) is 0 Å². The van der Waals surface area contributed by atoms with Gasteiger partial charge in [0.05, 0.1) is 0 Å². The Kier molecular flexibility index (Phi) is 10.5. The zero-order valence-electron chi connectivity index (χ0n) is 18.6. The Labute approximate surface area is 206 Å². The molecule has 2 amide bonds. The fraction of sp³-hybridized carbons (Fsp3) is 0.591. The molecule has 178 valence electrons.